The first-order valence-electron chi connectivity index (χ1n) is 4.52. The molecule has 0 aromatic carbocycles. The first-order valence-corrected chi connectivity index (χ1v) is 3.37. The molecule has 2 heteroatoms. The third-order valence-corrected chi connectivity index (χ3v) is 1.56. The number of halogens is 1. The lowest BCUT2D eigenvalue weighted by Crippen LogP contribution is -2.29. The molecule has 1 aliphatic heterocycles. The highest BCUT2D eigenvalue weighted by molar-refractivity contribution is 4.67. The van der Waals surface area contributed by atoms with E-state index >= 15 is 0 Å². The van der Waals surface area contributed by atoms with Crippen molar-refractivity contribution in [2.24, 2.45) is 5.92 Å². The average Bonchev–Trinajstić information content (AvgIpc) is 1.99. The summed E-state index contributed by atoms with van der Waals surface area (Å²) in [4.78, 5) is 0. The van der Waals surface area contributed by atoms with Crippen LogP contribution in [0.25, 0.3) is 0 Å². The van der Waals surface area contributed by atoms with Crippen LogP contribution in [-0.4, -0.2) is 19.8 Å². The Bertz CT molecular complexity index is 121. The van der Waals surface area contributed by atoms with Gasteiger partial charge in [0.15, 0.2) is 0 Å². The van der Waals surface area contributed by atoms with Crippen molar-refractivity contribution in [2.75, 3.05) is 19.8 Å². The molecule has 0 saturated carbocycles. The molecule has 0 spiro atoms. The van der Waals surface area contributed by atoms with Crippen molar-refractivity contribution in [3.63, 3.8) is 0 Å². The molecule has 0 amide bonds. The van der Waals surface area contributed by atoms with E-state index in [2.05, 4.69) is 5.32 Å². The fourth-order valence-corrected chi connectivity index (χ4v) is 1.02. The molecule has 0 aliphatic carbocycles. The molecule has 1 N–H and O–H groups in total. The molecule has 0 aromatic rings. The minimum atomic E-state index is -0.396. The predicted molar refractivity (Wildman–Crippen MR) is 36.2 cm³/mol. The molecule has 1 heterocycles. The van der Waals surface area contributed by atoms with Crippen LogP contribution in [0.4, 0.5) is 4.39 Å². The summed E-state index contributed by atoms with van der Waals surface area (Å²) in [7, 11) is 0. The quantitative estimate of drug-likeness (QED) is 0.599. The summed E-state index contributed by atoms with van der Waals surface area (Å²) in [5.74, 6) is 0.0382. The number of piperidine rings is 1. The molecule has 1 nitrogen and oxygen atoms in total. The highest BCUT2D eigenvalue weighted by atomic mass is 19.1. The Morgan fingerprint density at radius 3 is 3.44 bits per heavy atom. The first-order chi connectivity index (χ1) is 5.25. The lowest BCUT2D eigenvalue weighted by molar-refractivity contribution is 0.318. The lowest BCUT2D eigenvalue weighted by Gasteiger charge is -2.20. The monoisotopic (exact) mass is 133 g/mol. The summed E-state index contributed by atoms with van der Waals surface area (Å²) in [5.41, 5.74) is 0. The molecule has 0 bridgehead atoms. The lowest BCUT2D eigenvalue weighted by atomic mass is 9.97. The van der Waals surface area contributed by atoms with Crippen LogP contribution in [0.3, 0.4) is 0 Å². The standard InChI is InChI=1S/C7H14FN/c8-4-3-7-2-1-5-9-6-7/h7,9H,1-6H2/t7-/m0/s1/i1D,2D/t1-,2+,7+/m1. The van der Waals surface area contributed by atoms with Crippen molar-refractivity contribution in [3.8, 4) is 0 Å². The summed E-state index contributed by atoms with van der Waals surface area (Å²) in [6.45, 7) is 0.916. The van der Waals surface area contributed by atoms with Gasteiger partial charge in [-0.1, -0.05) is 0 Å². The molecule has 0 radical (unpaired) electrons. The van der Waals surface area contributed by atoms with Crippen molar-refractivity contribution in [1.29, 1.82) is 0 Å². The predicted octanol–water partition coefficient (Wildman–Crippen LogP) is 1.35. The molecule has 9 heavy (non-hydrogen) atoms. The summed E-state index contributed by atoms with van der Waals surface area (Å²) in [6.07, 6.45) is -0.344. The third-order valence-electron chi connectivity index (χ3n) is 1.56. The second kappa shape index (κ2) is 3.83. The van der Waals surface area contributed by atoms with E-state index in [0.29, 0.717) is 19.5 Å². The summed E-state index contributed by atoms with van der Waals surface area (Å²) >= 11 is 0. The molecular formula is C7H14FN. The Balaban J connectivity index is 2.38. The van der Waals surface area contributed by atoms with Crippen molar-refractivity contribution >= 4 is 0 Å². The molecule has 0 aromatic heterocycles. The SMILES string of the molecule is [2H][C@@H]1[C@@H](CCF)CNC[C@@H]1[2H]. The van der Waals surface area contributed by atoms with Gasteiger partial charge < -0.3 is 5.32 Å². The van der Waals surface area contributed by atoms with Gasteiger partial charge in [-0.25, -0.2) is 0 Å². The fraction of sp³-hybridized carbons (Fsp3) is 1.00. The van der Waals surface area contributed by atoms with Gasteiger partial charge in [0.05, 0.1) is 6.67 Å². The molecule has 54 valence electrons. The highest BCUT2D eigenvalue weighted by Gasteiger charge is 2.11. The maximum Gasteiger partial charge on any atom is 0.0897 e. The number of hydrogen-bond donors (Lipinski definition) is 1. The number of alkyl halides is 1. The maximum absolute atomic E-state index is 11.9. The van der Waals surface area contributed by atoms with Gasteiger partial charge in [-0.2, -0.15) is 0 Å². The third kappa shape index (κ3) is 2.31. The van der Waals surface area contributed by atoms with Gasteiger partial charge in [-0.05, 0) is 38.2 Å². The zero-order chi connectivity index (χ0) is 8.27. The topological polar surface area (TPSA) is 12.0 Å². The Labute approximate surface area is 58.4 Å². The number of rotatable bonds is 2. The van der Waals surface area contributed by atoms with Crippen LogP contribution in [0.5, 0.6) is 0 Å². The van der Waals surface area contributed by atoms with Crippen LogP contribution in [-0.2, 0) is 0 Å². The van der Waals surface area contributed by atoms with Gasteiger partial charge in [0, 0.05) is 2.74 Å². The second-order valence-electron chi connectivity index (χ2n) is 2.32. The molecule has 3 atom stereocenters. The van der Waals surface area contributed by atoms with Crippen molar-refractivity contribution in [1.82, 2.24) is 5.32 Å². The molecule has 0 unspecified atom stereocenters. The summed E-state index contributed by atoms with van der Waals surface area (Å²) in [5, 5.41) is 3.03. The van der Waals surface area contributed by atoms with E-state index in [1.807, 2.05) is 0 Å². The fourth-order valence-electron chi connectivity index (χ4n) is 1.02. The highest BCUT2D eigenvalue weighted by Crippen LogP contribution is 2.13. The van der Waals surface area contributed by atoms with Crippen LogP contribution in [0.15, 0.2) is 0 Å². The van der Waals surface area contributed by atoms with E-state index in [-0.39, 0.29) is 19.0 Å². The Hall–Kier alpha value is -0.110. The van der Waals surface area contributed by atoms with Crippen LogP contribution < -0.4 is 5.32 Å². The van der Waals surface area contributed by atoms with Gasteiger partial charge >= 0.3 is 0 Å². The van der Waals surface area contributed by atoms with E-state index < -0.39 is 6.40 Å². The second-order valence-corrected chi connectivity index (χ2v) is 2.32. The van der Waals surface area contributed by atoms with E-state index in [1.54, 1.807) is 0 Å². The van der Waals surface area contributed by atoms with Crippen molar-refractivity contribution in [2.45, 2.75) is 19.2 Å². The summed E-state index contributed by atoms with van der Waals surface area (Å²) in [6, 6.07) is 0. The Kier molecular flexibility index (Phi) is 1.99. The normalized spacial score (nSPS) is 47.9. The zero-order valence-electron chi connectivity index (χ0n) is 7.44. The zero-order valence-corrected chi connectivity index (χ0v) is 5.44. The molecule has 1 saturated heterocycles. The largest absolute Gasteiger partial charge is 0.316 e. The van der Waals surface area contributed by atoms with Crippen molar-refractivity contribution < 1.29 is 7.13 Å². The first kappa shape index (κ1) is 4.67. The van der Waals surface area contributed by atoms with Crippen molar-refractivity contribution in [3.05, 3.63) is 0 Å². The molecule has 1 rings (SSSR count). The molecule has 1 fully saturated rings. The number of nitrogens with one attached hydrogen (secondary N) is 1. The minimum absolute atomic E-state index is 0.0382. The van der Waals surface area contributed by atoms with Crippen LogP contribution in [0.2, 0.25) is 0 Å². The molecular weight excluding hydrogens is 117 g/mol. The van der Waals surface area contributed by atoms with Gasteiger partial charge in [0.25, 0.3) is 0 Å². The maximum atomic E-state index is 11.9. The van der Waals surface area contributed by atoms with E-state index in [4.69, 9.17) is 2.74 Å². The minimum Gasteiger partial charge on any atom is -0.316 e. The van der Waals surface area contributed by atoms with Gasteiger partial charge in [-0.15, -0.1) is 0 Å². The van der Waals surface area contributed by atoms with Gasteiger partial charge in [0.1, 0.15) is 0 Å². The van der Waals surface area contributed by atoms with Crippen LogP contribution in [0.1, 0.15) is 22.0 Å². The molecule has 1 aliphatic rings. The Morgan fingerprint density at radius 2 is 2.67 bits per heavy atom. The van der Waals surface area contributed by atoms with Gasteiger partial charge in [0.2, 0.25) is 0 Å². The van der Waals surface area contributed by atoms with Crippen LogP contribution >= 0.6 is 0 Å². The Morgan fingerprint density at radius 1 is 1.78 bits per heavy atom. The smallest absolute Gasteiger partial charge is 0.0897 e. The van der Waals surface area contributed by atoms with Gasteiger partial charge in [-0.3, -0.25) is 4.39 Å². The number of hydrogen-bond acceptors (Lipinski definition) is 1. The van der Waals surface area contributed by atoms with E-state index in [1.165, 1.54) is 0 Å². The summed E-state index contributed by atoms with van der Waals surface area (Å²) < 4.78 is 26.9. The average molecular weight is 133 g/mol. The van der Waals surface area contributed by atoms with E-state index in [0.717, 1.165) is 0 Å². The van der Waals surface area contributed by atoms with Crippen LogP contribution in [0, 0.1) is 5.92 Å². The van der Waals surface area contributed by atoms with E-state index in [9.17, 15) is 4.39 Å².